The Morgan fingerprint density at radius 1 is 1.35 bits per heavy atom. The van der Waals surface area contributed by atoms with Gasteiger partial charge in [0.2, 0.25) is 11.7 Å². The number of hydrogen-bond donors (Lipinski definition) is 3. The van der Waals surface area contributed by atoms with Crippen LogP contribution in [0.1, 0.15) is 35.6 Å². The summed E-state index contributed by atoms with van der Waals surface area (Å²) in [5, 5.41) is 11.3. The van der Waals surface area contributed by atoms with Crippen LogP contribution in [0, 0.1) is 0 Å². The summed E-state index contributed by atoms with van der Waals surface area (Å²) < 4.78 is 4.99. The second kappa shape index (κ2) is 6.70. The van der Waals surface area contributed by atoms with E-state index in [9.17, 15) is 9.59 Å². The summed E-state index contributed by atoms with van der Waals surface area (Å²) in [7, 11) is 0. The molecule has 6 nitrogen and oxygen atoms in total. The molecule has 0 aliphatic rings. The fourth-order valence-corrected chi connectivity index (χ4v) is 1.29. The smallest absolute Gasteiger partial charge is 0.371 e. The van der Waals surface area contributed by atoms with E-state index in [1.807, 2.05) is 0 Å². The van der Waals surface area contributed by atoms with Gasteiger partial charge in [-0.15, -0.1) is 0 Å². The number of amides is 1. The Kier molecular flexibility index (Phi) is 5.22. The molecule has 17 heavy (non-hydrogen) atoms. The monoisotopic (exact) mass is 240 g/mol. The number of carbonyl (C=O) groups is 2. The number of carbonyl (C=O) groups excluding carboxylic acids is 1. The average Bonchev–Trinajstić information content (AvgIpc) is 2.75. The van der Waals surface area contributed by atoms with E-state index in [-0.39, 0.29) is 18.2 Å². The van der Waals surface area contributed by atoms with Crippen LogP contribution in [0.4, 0.5) is 0 Å². The van der Waals surface area contributed by atoms with E-state index >= 15 is 0 Å². The number of carboxylic acids is 1. The normalized spacial score (nSPS) is 10.2. The Balaban J connectivity index is 2.29. The van der Waals surface area contributed by atoms with Gasteiger partial charge >= 0.3 is 5.97 Å². The second-order valence-corrected chi connectivity index (χ2v) is 3.59. The fraction of sp³-hybridized carbons (Fsp3) is 0.455. The van der Waals surface area contributed by atoms with E-state index in [2.05, 4.69) is 5.32 Å². The number of unbranched alkanes of at least 4 members (excludes halogenated alkanes) is 1. The molecular weight excluding hydrogens is 224 g/mol. The molecule has 1 heterocycles. The van der Waals surface area contributed by atoms with E-state index in [0.29, 0.717) is 18.7 Å². The number of nitrogens with one attached hydrogen (secondary N) is 1. The summed E-state index contributed by atoms with van der Waals surface area (Å²) in [4.78, 5) is 21.9. The van der Waals surface area contributed by atoms with Crippen LogP contribution >= 0.6 is 0 Å². The third-order valence-corrected chi connectivity index (χ3v) is 2.19. The van der Waals surface area contributed by atoms with Crippen molar-refractivity contribution in [3.05, 3.63) is 23.7 Å². The Morgan fingerprint density at radius 3 is 2.71 bits per heavy atom. The number of furan rings is 1. The highest BCUT2D eigenvalue weighted by atomic mass is 16.4. The van der Waals surface area contributed by atoms with Gasteiger partial charge in [0, 0.05) is 6.42 Å². The van der Waals surface area contributed by atoms with Crippen LogP contribution in [0.15, 0.2) is 16.5 Å². The van der Waals surface area contributed by atoms with Gasteiger partial charge in [-0.1, -0.05) is 0 Å². The zero-order chi connectivity index (χ0) is 12.7. The molecule has 0 aliphatic carbocycles. The lowest BCUT2D eigenvalue weighted by Crippen LogP contribution is -2.22. The fourth-order valence-electron chi connectivity index (χ4n) is 1.29. The summed E-state index contributed by atoms with van der Waals surface area (Å²) in [6, 6.07) is 2.89. The third-order valence-electron chi connectivity index (χ3n) is 2.19. The maximum atomic E-state index is 11.3. The van der Waals surface area contributed by atoms with Crippen LogP contribution in [-0.2, 0) is 11.3 Å². The van der Waals surface area contributed by atoms with Crippen LogP contribution < -0.4 is 11.1 Å². The van der Waals surface area contributed by atoms with Crippen LogP contribution in [0.5, 0.6) is 0 Å². The zero-order valence-corrected chi connectivity index (χ0v) is 9.44. The number of aromatic carboxylic acids is 1. The number of hydrogen-bond acceptors (Lipinski definition) is 4. The minimum atomic E-state index is -1.12. The average molecular weight is 240 g/mol. The van der Waals surface area contributed by atoms with E-state index in [4.69, 9.17) is 15.3 Å². The van der Waals surface area contributed by atoms with Crippen molar-refractivity contribution in [3.8, 4) is 0 Å². The molecule has 0 aromatic carbocycles. The Morgan fingerprint density at radius 2 is 2.12 bits per heavy atom. The summed E-state index contributed by atoms with van der Waals surface area (Å²) in [5.74, 6) is -0.913. The molecule has 1 rings (SSSR count). The quantitative estimate of drug-likeness (QED) is 0.609. The van der Waals surface area contributed by atoms with Crippen LogP contribution in [-0.4, -0.2) is 23.5 Å². The van der Waals surface area contributed by atoms with Crippen molar-refractivity contribution in [3.63, 3.8) is 0 Å². The van der Waals surface area contributed by atoms with Crippen molar-refractivity contribution < 1.29 is 19.1 Å². The maximum Gasteiger partial charge on any atom is 0.371 e. The van der Waals surface area contributed by atoms with Crippen molar-refractivity contribution in [2.75, 3.05) is 6.54 Å². The van der Waals surface area contributed by atoms with Gasteiger partial charge in [-0.3, -0.25) is 4.79 Å². The van der Waals surface area contributed by atoms with Gasteiger partial charge in [0.05, 0.1) is 6.54 Å². The first-order valence-corrected chi connectivity index (χ1v) is 5.42. The molecular formula is C11H16N2O4. The van der Waals surface area contributed by atoms with Crippen molar-refractivity contribution in [2.24, 2.45) is 5.73 Å². The zero-order valence-electron chi connectivity index (χ0n) is 9.44. The van der Waals surface area contributed by atoms with E-state index in [0.717, 1.165) is 12.8 Å². The lowest BCUT2D eigenvalue weighted by molar-refractivity contribution is -0.121. The highest BCUT2D eigenvalue weighted by Gasteiger charge is 2.09. The summed E-state index contributed by atoms with van der Waals surface area (Å²) >= 11 is 0. The molecule has 1 aromatic heterocycles. The minimum Gasteiger partial charge on any atom is -0.475 e. The van der Waals surface area contributed by atoms with E-state index in [1.165, 1.54) is 12.1 Å². The van der Waals surface area contributed by atoms with Crippen LogP contribution in [0.3, 0.4) is 0 Å². The first-order chi connectivity index (χ1) is 8.13. The standard InChI is InChI=1S/C11H16N2O4/c12-6-2-1-3-10(14)13-7-8-4-5-9(17-8)11(15)16/h4-5H,1-3,6-7,12H2,(H,13,14)(H,15,16). The first-order valence-electron chi connectivity index (χ1n) is 5.42. The minimum absolute atomic E-state index is 0.0910. The van der Waals surface area contributed by atoms with Gasteiger partial charge in [-0.2, -0.15) is 0 Å². The molecule has 0 atom stereocenters. The molecule has 0 radical (unpaired) electrons. The maximum absolute atomic E-state index is 11.3. The molecule has 0 spiro atoms. The molecule has 0 aliphatic heterocycles. The first kappa shape index (κ1) is 13.2. The largest absolute Gasteiger partial charge is 0.475 e. The van der Waals surface area contributed by atoms with Crippen molar-refractivity contribution in [2.45, 2.75) is 25.8 Å². The lowest BCUT2D eigenvalue weighted by Gasteiger charge is -2.02. The van der Waals surface area contributed by atoms with Crippen molar-refractivity contribution in [1.29, 1.82) is 0 Å². The third kappa shape index (κ3) is 4.69. The Bertz CT molecular complexity index is 387. The summed E-state index contributed by atoms with van der Waals surface area (Å²) in [6.07, 6.45) is 1.99. The molecule has 1 aromatic rings. The van der Waals surface area contributed by atoms with Gasteiger partial charge in [-0.05, 0) is 31.5 Å². The van der Waals surface area contributed by atoms with Gasteiger partial charge in [-0.25, -0.2) is 4.79 Å². The SMILES string of the molecule is NCCCCC(=O)NCc1ccc(C(=O)O)o1. The number of rotatable bonds is 7. The van der Waals surface area contributed by atoms with Gasteiger partial charge in [0.1, 0.15) is 5.76 Å². The highest BCUT2D eigenvalue weighted by Crippen LogP contribution is 2.07. The van der Waals surface area contributed by atoms with Crippen LogP contribution in [0.2, 0.25) is 0 Å². The molecule has 0 unspecified atom stereocenters. The lowest BCUT2D eigenvalue weighted by atomic mass is 10.2. The Labute approximate surface area is 98.8 Å². The summed E-state index contributed by atoms with van der Waals surface area (Å²) in [6.45, 7) is 0.780. The molecule has 94 valence electrons. The predicted octanol–water partition coefficient (Wildman–Crippen LogP) is 0.723. The van der Waals surface area contributed by atoms with Crippen LogP contribution in [0.25, 0.3) is 0 Å². The predicted molar refractivity (Wildman–Crippen MR) is 60.4 cm³/mol. The van der Waals surface area contributed by atoms with Gasteiger partial charge in [0.15, 0.2) is 0 Å². The number of nitrogens with two attached hydrogens (primary N) is 1. The van der Waals surface area contributed by atoms with E-state index in [1.54, 1.807) is 0 Å². The second-order valence-electron chi connectivity index (χ2n) is 3.59. The van der Waals surface area contributed by atoms with Crippen molar-refractivity contribution in [1.82, 2.24) is 5.32 Å². The molecule has 4 N–H and O–H groups in total. The topological polar surface area (TPSA) is 106 Å². The Hall–Kier alpha value is -1.82. The highest BCUT2D eigenvalue weighted by molar-refractivity contribution is 5.84. The summed E-state index contributed by atoms with van der Waals surface area (Å²) in [5.41, 5.74) is 5.31. The molecule has 0 bridgehead atoms. The van der Waals surface area contributed by atoms with Gasteiger partial charge < -0.3 is 20.6 Å². The van der Waals surface area contributed by atoms with Gasteiger partial charge in [0.25, 0.3) is 0 Å². The molecule has 6 heteroatoms. The molecule has 0 fully saturated rings. The molecule has 1 amide bonds. The van der Waals surface area contributed by atoms with E-state index < -0.39 is 5.97 Å². The molecule has 0 saturated heterocycles. The van der Waals surface area contributed by atoms with Crippen molar-refractivity contribution >= 4 is 11.9 Å². The molecule has 0 saturated carbocycles. The number of carboxylic acid groups (broad SMARTS) is 1.